The van der Waals surface area contributed by atoms with E-state index in [2.05, 4.69) is 20.7 Å². The van der Waals surface area contributed by atoms with Crippen LogP contribution < -0.4 is 10.6 Å². The fourth-order valence-electron chi connectivity index (χ4n) is 2.40. The summed E-state index contributed by atoms with van der Waals surface area (Å²) >= 11 is 0. The van der Waals surface area contributed by atoms with Crippen LogP contribution in [-0.2, 0) is 13.1 Å². The van der Waals surface area contributed by atoms with Gasteiger partial charge in [-0.2, -0.15) is 5.10 Å². The van der Waals surface area contributed by atoms with Crippen molar-refractivity contribution >= 4 is 29.9 Å². The number of aromatic nitrogens is 2. The van der Waals surface area contributed by atoms with Gasteiger partial charge in [0.15, 0.2) is 5.96 Å². The molecule has 2 N–H and O–H groups in total. The first-order valence-corrected chi connectivity index (χ1v) is 8.03. The van der Waals surface area contributed by atoms with Crippen LogP contribution in [0.4, 0.5) is 4.39 Å². The molecule has 0 unspecified atom stereocenters. The van der Waals surface area contributed by atoms with Gasteiger partial charge in [-0.1, -0.05) is 36.4 Å². The summed E-state index contributed by atoms with van der Waals surface area (Å²) in [4.78, 5) is 4.16. The Kier molecular flexibility index (Phi) is 7.58. The molecule has 0 aliphatic rings. The molecule has 0 saturated heterocycles. The highest BCUT2D eigenvalue weighted by Crippen LogP contribution is 2.08. The molecule has 26 heavy (non-hydrogen) atoms. The van der Waals surface area contributed by atoms with Crippen LogP contribution in [0.2, 0.25) is 0 Å². The summed E-state index contributed by atoms with van der Waals surface area (Å²) in [5.41, 5.74) is 2.64. The van der Waals surface area contributed by atoms with E-state index in [9.17, 15) is 4.39 Å². The molecule has 0 amide bonds. The number of guanidine groups is 1. The van der Waals surface area contributed by atoms with Gasteiger partial charge in [0.2, 0.25) is 0 Å². The molecule has 1 heterocycles. The zero-order chi connectivity index (χ0) is 17.5. The third kappa shape index (κ3) is 5.29. The lowest BCUT2D eigenvalue weighted by Crippen LogP contribution is -2.36. The molecule has 3 aromatic rings. The summed E-state index contributed by atoms with van der Waals surface area (Å²) in [5.74, 6) is 0.380. The Bertz CT molecular complexity index is 848. The Balaban J connectivity index is 0.00000243. The molecule has 2 aromatic carbocycles. The molecule has 0 atom stereocenters. The molecule has 0 saturated carbocycles. The fraction of sp³-hybridized carbons (Fsp3) is 0.158. The lowest BCUT2D eigenvalue weighted by atomic mass is 10.2. The number of halogens is 2. The molecular weight excluding hydrogens is 444 g/mol. The predicted octanol–water partition coefficient (Wildman–Crippen LogP) is 3.49. The van der Waals surface area contributed by atoms with Gasteiger partial charge in [-0.15, -0.1) is 24.0 Å². The van der Waals surface area contributed by atoms with Crippen LogP contribution in [0.3, 0.4) is 0 Å². The number of hydrogen-bond acceptors (Lipinski definition) is 2. The Morgan fingerprint density at radius 3 is 2.46 bits per heavy atom. The van der Waals surface area contributed by atoms with E-state index in [0.29, 0.717) is 24.6 Å². The molecule has 0 bridgehead atoms. The van der Waals surface area contributed by atoms with E-state index < -0.39 is 0 Å². The third-order valence-corrected chi connectivity index (χ3v) is 3.74. The first-order chi connectivity index (χ1) is 12.3. The number of rotatable bonds is 5. The molecule has 0 aliphatic heterocycles. The van der Waals surface area contributed by atoms with Gasteiger partial charge in [0.1, 0.15) is 5.82 Å². The minimum absolute atomic E-state index is 0. The van der Waals surface area contributed by atoms with Gasteiger partial charge in [-0.25, -0.2) is 9.07 Å². The maximum atomic E-state index is 13.6. The van der Waals surface area contributed by atoms with Gasteiger partial charge >= 0.3 is 0 Å². The van der Waals surface area contributed by atoms with E-state index in [4.69, 9.17) is 0 Å². The Hall–Kier alpha value is -2.42. The molecule has 0 aliphatic carbocycles. The van der Waals surface area contributed by atoms with Crippen molar-refractivity contribution in [3.05, 3.63) is 83.9 Å². The summed E-state index contributed by atoms with van der Waals surface area (Å²) in [6.45, 7) is 0.944. The van der Waals surface area contributed by atoms with Crippen molar-refractivity contribution in [3.63, 3.8) is 0 Å². The van der Waals surface area contributed by atoms with Crippen LogP contribution in [0, 0.1) is 5.82 Å². The summed E-state index contributed by atoms with van der Waals surface area (Å²) in [5, 5.41) is 10.7. The van der Waals surface area contributed by atoms with Gasteiger partial charge in [-0.3, -0.25) is 4.99 Å². The van der Waals surface area contributed by atoms with Crippen LogP contribution >= 0.6 is 24.0 Å². The number of nitrogens with zero attached hydrogens (tertiary/aromatic N) is 3. The number of para-hydroxylation sites is 1. The lowest BCUT2D eigenvalue weighted by molar-refractivity contribution is 0.604. The van der Waals surface area contributed by atoms with Crippen molar-refractivity contribution in [2.75, 3.05) is 7.05 Å². The zero-order valence-corrected chi connectivity index (χ0v) is 16.7. The van der Waals surface area contributed by atoms with E-state index in [1.165, 1.54) is 6.07 Å². The second-order valence-corrected chi connectivity index (χ2v) is 5.50. The van der Waals surface area contributed by atoms with E-state index in [1.807, 2.05) is 53.5 Å². The topological polar surface area (TPSA) is 54.2 Å². The van der Waals surface area contributed by atoms with Crippen LogP contribution in [0.5, 0.6) is 0 Å². The highest BCUT2D eigenvalue weighted by Gasteiger charge is 2.04. The highest BCUT2D eigenvalue weighted by atomic mass is 127. The summed E-state index contributed by atoms with van der Waals surface area (Å²) in [6.07, 6.45) is 3.77. The Labute approximate surface area is 169 Å². The molecule has 1 aromatic heterocycles. The van der Waals surface area contributed by atoms with Crippen molar-refractivity contribution < 1.29 is 4.39 Å². The molecule has 7 heteroatoms. The van der Waals surface area contributed by atoms with Crippen LogP contribution in [0.1, 0.15) is 11.1 Å². The zero-order valence-electron chi connectivity index (χ0n) is 14.4. The molecule has 0 radical (unpaired) electrons. The van der Waals surface area contributed by atoms with Crippen molar-refractivity contribution in [1.29, 1.82) is 0 Å². The van der Waals surface area contributed by atoms with Crippen molar-refractivity contribution in [3.8, 4) is 5.69 Å². The first kappa shape index (κ1) is 19.9. The number of hydrogen-bond donors (Lipinski definition) is 2. The average molecular weight is 465 g/mol. The molecule has 0 fully saturated rings. The van der Waals surface area contributed by atoms with Gasteiger partial charge < -0.3 is 10.6 Å². The van der Waals surface area contributed by atoms with Gasteiger partial charge in [0.05, 0.1) is 11.9 Å². The second-order valence-electron chi connectivity index (χ2n) is 5.50. The molecule has 136 valence electrons. The highest BCUT2D eigenvalue weighted by molar-refractivity contribution is 14.0. The third-order valence-electron chi connectivity index (χ3n) is 3.74. The fourth-order valence-corrected chi connectivity index (χ4v) is 2.40. The van der Waals surface area contributed by atoms with Gasteiger partial charge in [0.25, 0.3) is 0 Å². The maximum Gasteiger partial charge on any atom is 0.191 e. The van der Waals surface area contributed by atoms with Crippen LogP contribution in [-0.4, -0.2) is 22.8 Å². The second kappa shape index (κ2) is 9.91. The SMILES string of the molecule is CN=C(NCc1cnn(-c2ccccc2)c1)NCc1ccccc1F.I. The quantitative estimate of drug-likeness (QED) is 0.345. The van der Waals surface area contributed by atoms with E-state index in [1.54, 1.807) is 19.2 Å². The summed E-state index contributed by atoms with van der Waals surface area (Å²) < 4.78 is 15.5. The minimum Gasteiger partial charge on any atom is -0.352 e. The van der Waals surface area contributed by atoms with Crippen molar-refractivity contribution in [1.82, 2.24) is 20.4 Å². The number of benzene rings is 2. The van der Waals surface area contributed by atoms with Gasteiger partial charge in [0, 0.05) is 37.5 Å². The minimum atomic E-state index is -0.227. The van der Waals surface area contributed by atoms with Crippen molar-refractivity contribution in [2.45, 2.75) is 13.1 Å². The lowest BCUT2D eigenvalue weighted by Gasteiger charge is -2.11. The Morgan fingerprint density at radius 1 is 1.04 bits per heavy atom. The first-order valence-electron chi connectivity index (χ1n) is 8.03. The smallest absolute Gasteiger partial charge is 0.191 e. The average Bonchev–Trinajstić information content (AvgIpc) is 3.13. The molecular formula is C19H21FIN5. The summed E-state index contributed by atoms with van der Waals surface area (Å²) in [7, 11) is 1.68. The largest absolute Gasteiger partial charge is 0.352 e. The standard InChI is InChI=1S/C19H20FN5.HI/c1-21-19(23-13-16-7-5-6-10-18(16)20)22-11-15-12-24-25(14-15)17-8-3-2-4-9-17;/h2-10,12,14H,11,13H2,1H3,(H2,21,22,23);1H. The van der Waals surface area contributed by atoms with E-state index in [-0.39, 0.29) is 29.8 Å². The number of aliphatic imine (C=N–C) groups is 1. The predicted molar refractivity (Wildman–Crippen MR) is 112 cm³/mol. The maximum absolute atomic E-state index is 13.6. The van der Waals surface area contributed by atoms with E-state index in [0.717, 1.165) is 11.3 Å². The van der Waals surface area contributed by atoms with Crippen LogP contribution in [0.25, 0.3) is 5.69 Å². The Morgan fingerprint density at radius 2 is 1.73 bits per heavy atom. The summed E-state index contributed by atoms with van der Waals surface area (Å²) in [6, 6.07) is 16.6. The molecule has 5 nitrogen and oxygen atoms in total. The van der Waals surface area contributed by atoms with Crippen LogP contribution in [0.15, 0.2) is 72.0 Å². The van der Waals surface area contributed by atoms with Crippen molar-refractivity contribution in [2.24, 2.45) is 4.99 Å². The van der Waals surface area contributed by atoms with Gasteiger partial charge in [-0.05, 0) is 18.2 Å². The normalized spacial score (nSPS) is 10.9. The molecule has 3 rings (SSSR count). The molecule has 0 spiro atoms. The van der Waals surface area contributed by atoms with E-state index >= 15 is 0 Å². The monoisotopic (exact) mass is 465 g/mol. The number of nitrogens with one attached hydrogen (secondary N) is 2.